The Kier molecular flexibility index (Phi) is 4.11. The van der Waals surface area contributed by atoms with E-state index in [2.05, 4.69) is 33.2 Å². The molecule has 1 N–H and O–H groups in total. The van der Waals surface area contributed by atoms with Gasteiger partial charge in [0.1, 0.15) is 0 Å². The number of aryl methyl sites for hydroxylation is 1. The summed E-state index contributed by atoms with van der Waals surface area (Å²) in [6.07, 6.45) is 2.43. The molecule has 5 nitrogen and oxygen atoms in total. The summed E-state index contributed by atoms with van der Waals surface area (Å²) >= 11 is 3.18. The van der Waals surface area contributed by atoms with Gasteiger partial charge in [0.05, 0.1) is 4.92 Å². The molecule has 6 heteroatoms. The van der Waals surface area contributed by atoms with Crippen molar-refractivity contribution in [2.75, 3.05) is 5.32 Å². The van der Waals surface area contributed by atoms with Crippen molar-refractivity contribution in [2.45, 2.75) is 13.3 Å². The van der Waals surface area contributed by atoms with Crippen molar-refractivity contribution in [2.24, 2.45) is 0 Å². The van der Waals surface area contributed by atoms with Crippen LogP contribution in [0.25, 0.3) is 0 Å². The molecule has 2 rings (SSSR count). The molecule has 0 bridgehead atoms. The van der Waals surface area contributed by atoms with Gasteiger partial charge in [-0.25, -0.2) is 4.98 Å². The second-order valence-corrected chi connectivity index (χ2v) is 4.87. The zero-order valence-corrected chi connectivity index (χ0v) is 11.8. The Hall–Kier alpha value is -1.95. The highest BCUT2D eigenvalue weighted by molar-refractivity contribution is 9.10. The third kappa shape index (κ3) is 3.29. The Morgan fingerprint density at radius 2 is 2.21 bits per heavy atom. The average molecular weight is 322 g/mol. The lowest BCUT2D eigenvalue weighted by Gasteiger charge is -2.07. The van der Waals surface area contributed by atoms with Gasteiger partial charge in [0.2, 0.25) is 5.82 Å². The molecule has 1 heterocycles. The molecule has 19 heavy (non-hydrogen) atoms. The van der Waals surface area contributed by atoms with Crippen molar-refractivity contribution in [1.29, 1.82) is 0 Å². The molecule has 0 radical (unpaired) electrons. The summed E-state index contributed by atoms with van der Waals surface area (Å²) in [7, 11) is 0. The Morgan fingerprint density at radius 1 is 1.42 bits per heavy atom. The number of nitrogens with zero attached hydrogens (tertiary/aromatic N) is 2. The molecule has 0 saturated heterocycles. The first-order valence-corrected chi connectivity index (χ1v) is 6.55. The Bertz CT molecular complexity index is 617. The fraction of sp³-hybridized carbons (Fsp3) is 0.154. The standard InChI is InChI=1S/C13H12BrN3O2/c1-2-9-4-3-5-11(6-9)16-13-12(17(18)19)7-10(14)8-15-13/h3-8H,2H2,1H3,(H,15,16). The second-order valence-electron chi connectivity index (χ2n) is 3.96. The Balaban J connectivity index is 2.34. The van der Waals surface area contributed by atoms with E-state index >= 15 is 0 Å². The van der Waals surface area contributed by atoms with E-state index in [0.29, 0.717) is 4.47 Å². The zero-order chi connectivity index (χ0) is 13.8. The number of hydrogen-bond acceptors (Lipinski definition) is 4. The molecule has 0 aliphatic heterocycles. The maximum Gasteiger partial charge on any atom is 0.312 e. The summed E-state index contributed by atoms with van der Waals surface area (Å²) in [6, 6.07) is 9.15. The van der Waals surface area contributed by atoms with Gasteiger partial charge in [0.25, 0.3) is 0 Å². The summed E-state index contributed by atoms with van der Waals surface area (Å²) < 4.78 is 0.576. The molecular weight excluding hydrogens is 310 g/mol. The van der Waals surface area contributed by atoms with Crippen LogP contribution in [0.4, 0.5) is 17.2 Å². The summed E-state index contributed by atoms with van der Waals surface area (Å²) in [5, 5.41) is 14.0. The SMILES string of the molecule is CCc1cccc(Nc2ncc(Br)cc2[N+](=O)[O-])c1. The van der Waals surface area contributed by atoms with E-state index in [4.69, 9.17) is 0 Å². The van der Waals surface area contributed by atoms with E-state index in [9.17, 15) is 10.1 Å². The predicted octanol–water partition coefficient (Wildman–Crippen LogP) is 4.06. The first kappa shape index (κ1) is 13.5. The predicted molar refractivity (Wildman–Crippen MR) is 77.7 cm³/mol. The van der Waals surface area contributed by atoms with Crippen molar-refractivity contribution in [3.8, 4) is 0 Å². The minimum absolute atomic E-state index is 0.0590. The van der Waals surface area contributed by atoms with Gasteiger partial charge in [-0.15, -0.1) is 0 Å². The highest BCUT2D eigenvalue weighted by Gasteiger charge is 2.15. The van der Waals surface area contributed by atoms with Crippen LogP contribution in [-0.2, 0) is 6.42 Å². The van der Waals surface area contributed by atoms with E-state index in [0.717, 1.165) is 17.7 Å². The molecule has 0 amide bonds. The number of nitrogens with one attached hydrogen (secondary N) is 1. The Morgan fingerprint density at radius 3 is 2.89 bits per heavy atom. The topological polar surface area (TPSA) is 68.1 Å². The minimum atomic E-state index is -0.455. The summed E-state index contributed by atoms with van der Waals surface area (Å²) in [5.41, 5.74) is 1.89. The summed E-state index contributed by atoms with van der Waals surface area (Å²) in [5.74, 6) is 0.237. The van der Waals surface area contributed by atoms with Crippen molar-refractivity contribution < 1.29 is 4.92 Å². The lowest BCUT2D eigenvalue weighted by Crippen LogP contribution is -2.00. The van der Waals surface area contributed by atoms with E-state index in [-0.39, 0.29) is 11.5 Å². The molecule has 0 aliphatic carbocycles. The average Bonchev–Trinajstić information content (AvgIpc) is 2.41. The highest BCUT2D eigenvalue weighted by atomic mass is 79.9. The Labute approximate surface area is 119 Å². The minimum Gasteiger partial charge on any atom is -0.334 e. The lowest BCUT2D eigenvalue weighted by molar-refractivity contribution is -0.384. The molecular formula is C13H12BrN3O2. The number of halogens is 1. The van der Waals surface area contributed by atoms with Crippen molar-refractivity contribution in [3.63, 3.8) is 0 Å². The third-order valence-corrected chi connectivity index (χ3v) is 3.06. The van der Waals surface area contributed by atoms with Gasteiger partial charge < -0.3 is 5.32 Å². The third-order valence-electron chi connectivity index (χ3n) is 2.63. The molecule has 1 aromatic heterocycles. The van der Waals surface area contributed by atoms with Crippen LogP contribution in [0.2, 0.25) is 0 Å². The fourth-order valence-electron chi connectivity index (χ4n) is 1.67. The van der Waals surface area contributed by atoms with Crippen LogP contribution >= 0.6 is 15.9 Å². The van der Waals surface area contributed by atoms with E-state index in [1.54, 1.807) is 0 Å². The maximum absolute atomic E-state index is 11.0. The molecule has 1 aromatic carbocycles. The smallest absolute Gasteiger partial charge is 0.312 e. The molecule has 2 aromatic rings. The van der Waals surface area contributed by atoms with Crippen molar-refractivity contribution >= 4 is 33.1 Å². The van der Waals surface area contributed by atoms with Crippen molar-refractivity contribution in [1.82, 2.24) is 4.98 Å². The van der Waals surface area contributed by atoms with Gasteiger partial charge in [-0.1, -0.05) is 19.1 Å². The molecule has 0 aliphatic rings. The molecule has 98 valence electrons. The number of hydrogen-bond donors (Lipinski definition) is 1. The zero-order valence-electron chi connectivity index (χ0n) is 10.3. The molecule has 0 atom stereocenters. The van der Waals surface area contributed by atoms with E-state index < -0.39 is 4.92 Å². The van der Waals surface area contributed by atoms with Crippen LogP contribution < -0.4 is 5.32 Å². The molecule has 0 fully saturated rings. The molecule has 0 unspecified atom stereocenters. The van der Waals surface area contributed by atoms with Crippen LogP contribution in [0.1, 0.15) is 12.5 Å². The quantitative estimate of drug-likeness (QED) is 0.681. The van der Waals surface area contributed by atoms with Gasteiger partial charge in [-0.3, -0.25) is 10.1 Å². The number of nitro groups is 1. The van der Waals surface area contributed by atoms with Crippen LogP contribution in [0.3, 0.4) is 0 Å². The molecule has 0 saturated carbocycles. The van der Waals surface area contributed by atoms with Crippen LogP contribution in [-0.4, -0.2) is 9.91 Å². The number of anilines is 2. The number of rotatable bonds is 4. The first-order chi connectivity index (χ1) is 9.10. The van der Waals surface area contributed by atoms with Crippen LogP contribution in [0.5, 0.6) is 0 Å². The molecule has 0 spiro atoms. The second kappa shape index (κ2) is 5.79. The van der Waals surface area contributed by atoms with E-state index in [1.807, 2.05) is 24.3 Å². The number of aromatic nitrogens is 1. The van der Waals surface area contributed by atoms with Gasteiger partial charge in [-0.05, 0) is 40.0 Å². The largest absolute Gasteiger partial charge is 0.334 e. The summed E-state index contributed by atoms with van der Waals surface area (Å²) in [6.45, 7) is 2.06. The first-order valence-electron chi connectivity index (χ1n) is 5.76. The summed E-state index contributed by atoms with van der Waals surface area (Å²) in [4.78, 5) is 14.6. The maximum atomic E-state index is 11.0. The van der Waals surface area contributed by atoms with Crippen LogP contribution in [0.15, 0.2) is 41.0 Å². The van der Waals surface area contributed by atoms with Gasteiger partial charge in [0.15, 0.2) is 0 Å². The number of pyridine rings is 1. The van der Waals surface area contributed by atoms with Gasteiger partial charge in [0, 0.05) is 22.4 Å². The van der Waals surface area contributed by atoms with Gasteiger partial charge >= 0.3 is 5.69 Å². The fourth-order valence-corrected chi connectivity index (χ4v) is 1.99. The monoisotopic (exact) mass is 321 g/mol. The highest BCUT2D eigenvalue weighted by Crippen LogP contribution is 2.28. The van der Waals surface area contributed by atoms with Crippen LogP contribution in [0, 0.1) is 10.1 Å². The lowest BCUT2D eigenvalue weighted by atomic mass is 10.1. The van der Waals surface area contributed by atoms with E-state index in [1.165, 1.54) is 12.3 Å². The number of benzene rings is 1. The van der Waals surface area contributed by atoms with Crippen molar-refractivity contribution in [3.05, 3.63) is 56.7 Å². The normalized spacial score (nSPS) is 10.2. The van der Waals surface area contributed by atoms with Gasteiger partial charge in [-0.2, -0.15) is 0 Å².